The molecule has 0 aliphatic rings. The molecule has 0 bridgehead atoms. The van der Waals surface area contributed by atoms with Gasteiger partial charge in [-0.25, -0.2) is 8.42 Å². The van der Waals surface area contributed by atoms with Crippen LogP contribution in [-0.4, -0.2) is 24.6 Å². The molecule has 0 heterocycles. The van der Waals surface area contributed by atoms with Gasteiger partial charge >= 0.3 is 0 Å². The second-order valence-electron chi connectivity index (χ2n) is 5.75. The zero-order chi connectivity index (χ0) is 16.1. The summed E-state index contributed by atoms with van der Waals surface area (Å²) in [5.74, 6) is 0.528. The lowest BCUT2D eigenvalue weighted by molar-refractivity contribution is 0.432. The Morgan fingerprint density at radius 1 is 1.19 bits per heavy atom. The zero-order valence-electron chi connectivity index (χ0n) is 12.6. The van der Waals surface area contributed by atoms with Crippen LogP contribution in [0.25, 0.3) is 0 Å². The Bertz CT molecular complexity index is 640. The van der Waals surface area contributed by atoms with Crippen molar-refractivity contribution in [1.82, 2.24) is 0 Å². The van der Waals surface area contributed by atoms with Gasteiger partial charge < -0.3 is 0 Å². The third-order valence-electron chi connectivity index (χ3n) is 3.20. The van der Waals surface area contributed by atoms with Crippen molar-refractivity contribution in [2.75, 3.05) is 12.0 Å². The van der Waals surface area contributed by atoms with Crippen LogP contribution >= 0.6 is 0 Å². The van der Waals surface area contributed by atoms with Crippen molar-refractivity contribution < 1.29 is 12.6 Å². The van der Waals surface area contributed by atoms with E-state index in [9.17, 15) is 12.6 Å². The average Bonchev–Trinajstić information content (AvgIpc) is 2.42. The molecule has 6 heteroatoms. The molecule has 0 aliphatic heterocycles. The molecule has 0 spiro atoms. The molecular formula is C15H21NO3S2. The minimum Gasteiger partial charge on any atom is -0.254 e. The summed E-state index contributed by atoms with van der Waals surface area (Å²) < 4.78 is 34.8. The minimum atomic E-state index is -3.22. The summed E-state index contributed by atoms with van der Waals surface area (Å²) in [5, 5.41) is 8.91. The maximum atomic E-state index is 12.1. The van der Waals surface area contributed by atoms with Crippen molar-refractivity contribution in [1.29, 1.82) is 5.26 Å². The molecule has 1 atom stereocenters. The van der Waals surface area contributed by atoms with E-state index in [0.717, 1.165) is 25.5 Å². The van der Waals surface area contributed by atoms with Gasteiger partial charge in [0, 0.05) is 16.9 Å². The van der Waals surface area contributed by atoms with E-state index in [1.807, 2.05) is 13.8 Å². The zero-order valence-corrected chi connectivity index (χ0v) is 14.3. The van der Waals surface area contributed by atoms with Crippen molar-refractivity contribution >= 4 is 20.6 Å². The van der Waals surface area contributed by atoms with Crippen molar-refractivity contribution in [3.05, 3.63) is 24.3 Å². The van der Waals surface area contributed by atoms with E-state index < -0.39 is 20.6 Å². The van der Waals surface area contributed by atoms with Crippen LogP contribution in [0, 0.1) is 16.7 Å². The predicted molar refractivity (Wildman–Crippen MR) is 84.1 cm³/mol. The Kier molecular flexibility index (Phi) is 6.11. The first kappa shape index (κ1) is 17.9. The number of unbranched alkanes of at least 4 members (excludes halogenated alkanes) is 1. The molecule has 0 saturated heterocycles. The van der Waals surface area contributed by atoms with Gasteiger partial charge in [0.1, 0.15) is 0 Å². The van der Waals surface area contributed by atoms with Crippen LogP contribution < -0.4 is 0 Å². The van der Waals surface area contributed by atoms with Gasteiger partial charge in [-0.2, -0.15) is 5.26 Å². The van der Waals surface area contributed by atoms with Crippen molar-refractivity contribution in [3.63, 3.8) is 0 Å². The molecule has 0 aliphatic carbocycles. The first-order chi connectivity index (χ1) is 9.65. The SMILES string of the molecule is CC(C)(C#N)CCCCS(=O)c1ccc(S(C)(=O)=O)cc1. The number of hydrogen-bond acceptors (Lipinski definition) is 4. The van der Waals surface area contributed by atoms with Crippen molar-refractivity contribution in [2.24, 2.45) is 5.41 Å². The van der Waals surface area contributed by atoms with Crippen LogP contribution in [0.3, 0.4) is 0 Å². The Hall–Kier alpha value is -1.19. The lowest BCUT2D eigenvalue weighted by Crippen LogP contribution is -2.08. The van der Waals surface area contributed by atoms with E-state index in [4.69, 9.17) is 5.26 Å². The van der Waals surface area contributed by atoms with Gasteiger partial charge in [-0.1, -0.05) is 6.42 Å². The largest absolute Gasteiger partial charge is 0.254 e. The van der Waals surface area contributed by atoms with E-state index in [1.165, 1.54) is 12.1 Å². The lowest BCUT2D eigenvalue weighted by atomic mass is 9.89. The van der Waals surface area contributed by atoms with E-state index in [1.54, 1.807) is 12.1 Å². The molecule has 0 amide bonds. The number of benzene rings is 1. The van der Waals surface area contributed by atoms with Crippen LogP contribution in [-0.2, 0) is 20.6 Å². The van der Waals surface area contributed by atoms with Gasteiger partial charge in [-0.15, -0.1) is 0 Å². The lowest BCUT2D eigenvalue weighted by Gasteiger charge is -2.14. The summed E-state index contributed by atoms with van der Waals surface area (Å²) >= 11 is 0. The average molecular weight is 327 g/mol. The summed E-state index contributed by atoms with van der Waals surface area (Å²) in [5.41, 5.74) is -0.335. The standard InChI is InChI=1S/C15H21NO3S2/c1-15(2,12-16)10-4-5-11-20(17)13-6-8-14(9-7-13)21(3,18)19/h6-9H,4-5,10-11H2,1-3H3. The highest BCUT2D eigenvalue weighted by molar-refractivity contribution is 7.90. The van der Waals surface area contributed by atoms with Gasteiger partial charge in [0.15, 0.2) is 9.84 Å². The molecule has 0 radical (unpaired) electrons. The Morgan fingerprint density at radius 2 is 1.76 bits per heavy atom. The normalized spacial score (nSPS) is 13.6. The first-order valence-electron chi connectivity index (χ1n) is 6.75. The smallest absolute Gasteiger partial charge is 0.175 e. The fourth-order valence-corrected chi connectivity index (χ4v) is 3.58. The Balaban J connectivity index is 2.52. The van der Waals surface area contributed by atoms with Crippen molar-refractivity contribution in [2.45, 2.75) is 42.9 Å². The van der Waals surface area contributed by atoms with Crippen molar-refractivity contribution in [3.8, 4) is 6.07 Å². The van der Waals surface area contributed by atoms with E-state index in [0.29, 0.717) is 10.6 Å². The molecule has 1 rings (SSSR count). The summed E-state index contributed by atoms with van der Waals surface area (Å²) in [4.78, 5) is 0.876. The van der Waals surface area contributed by atoms with E-state index >= 15 is 0 Å². The molecular weight excluding hydrogens is 306 g/mol. The van der Waals surface area contributed by atoms with Gasteiger partial charge in [0.05, 0.1) is 27.2 Å². The molecule has 116 valence electrons. The molecule has 0 aromatic heterocycles. The molecule has 0 fully saturated rings. The maximum absolute atomic E-state index is 12.1. The molecule has 0 N–H and O–H groups in total. The number of nitriles is 1. The molecule has 21 heavy (non-hydrogen) atoms. The summed E-state index contributed by atoms with van der Waals surface area (Å²) in [6.45, 7) is 3.79. The van der Waals surface area contributed by atoms with Crippen LogP contribution in [0.15, 0.2) is 34.1 Å². The Morgan fingerprint density at radius 3 is 2.24 bits per heavy atom. The van der Waals surface area contributed by atoms with Gasteiger partial charge in [-0.3, -0.25) is 4.21 Å². The molecule has 1 unspecified atom stereocenters. The highest BCUT2D eigenvalue weighted by Gasteiger charge is 2.16. The predicted octanol–water partition coefficient (Wildman–Crippen LogP) is 2.92. The number of nitrogens with zero attached hydrogens (tertiary/aromatic N) is 1. The minimum absolute atomic E-state index is 0.235. The fourth-order valence-electron chi connectivity index (χ4n) is 1.81. The summed E-state index contributed by atoms with van der Waals surface area (Å²) in [6, 6.07) is 8.43. The molecule has 4 nitrogen and oxygen atoms in total. The fraction of sp³-hybridized carbons (Fsp3) is 0.533. The topological polar surface area (TPSA) is 75.0 Å². The van der Waals surface area contributed by atoms with Crippen LogP contribution in [0.2, 0.25) is 0 Å². The summed E-state index contributed by atoms with van der Waals surface area (Å²) in [6.07, 6.45) is 3.57. The van der Waals surface area contributed by atoms with Gasteiger partial charge in [-0.05, 0) is 51.0 Å². The van der Waals surface area contributed by atoms with Crippen LogP contribution in [0.1, 0.15) is 33.1 Å². The summed E-state index contributed by atoms with van der Waals surface area (Å²) in [7, 11) is -4.34. The monoisotopic (exact) mass is 327 g/mol. The third kappa shape index (κ3) is 5.98. The highest BCUT2D eigenvalue weighted by Crippen LogP contribution is 2.22. The van der Waals surface area contributed by atoms with Crippen LogP contribution in [0.5, 0.6) is 0 Å². The van der Waals surface area contributed by atoms with E-state index in [-0.39, 0.29) is 10.3 Å². The number of hydrogen-bond donors (Lipinski definition) is 0. The molecule has 1 aromatic rings. The Labute approximate surface area is 129 Å². The van der Waals surface area contributed by atoms with E-state index in [2.05, 4.69) is 6.07 Å². The van der Waals surface area contributed by atoms with Gasteiger partial charge in [0.2, 0.25) is 0 Å². The van der Waals surface area contributed by atoms with Gasteiger partial charge in [0.25, 0.3) is 0 Å². The number of rotatable bonds is 7. The first-order valence-corrected chi connectivity index (χ1v) is 9.96. The second-order valence-corrected chi connectivity index (χ2v) is 9.33. The quantitative estimate of drug-likeness (QED) is 0.722. The third-order valence-corrected chi connectivity index (χ3v) is 5.78. The molecule has 0 saturated carbocycles. The maximum Gasteiger partial charge on any atom is 0.175 e. The van der Waals surface area contributed by atoms with Crippen LogP contribution in [0.4, 0.5) is 0 Å². The second kappa shape index (κ2) is 7.19. The highest BCUT2D eigenvalue weighted by atomic mass is 32.2. The number of sulfone groups is 1. The molecule has 1 aromatic carbocycles.